The van der Waals surface area contributed by atoms with Crippen LogP contribution in [0.5, 0.6) is 34.5 Å². The van der Waals surface area contributed by atoms with Gasteiger partial charge < -0.3 is 39.4 Å². The van der Waals surface area contributed by atoms with Crippen LogP contribution in [0, 0.1) is 0 Å². The fourth-order valence-corrected chi connectivity index (χ4v) is 7.91. The quantitative estimate of drug-likeness (QED) is 0.0662. The van der Waals surface area contributed by atoms with Gasteiger partial charge in [0.1, 0.15) is 36.1 Å². The number of amides is 2. The second-order valence-corrected chi connectivity index (χ2v) is 18.5. The van der Waals surface area contributed by atoms with Gasteiger partial charge in [-0.1, -0.05) is 115 Å². The molecule has 0 saturated heterocycles. The molecule has 2 amide bonds. The summed E-state index contributed by atoms with van der Waals surface area (Å²) in [5.41, 5.74) is 1.80. The molecule has 16 nitrogen and oxygen atoms in total. The number of hydrogen-bond acceptors (Lipinski definition) is 12. The Kier molecular flexibility index (Phi) is 19.4. The molecule has 0 aromatic heterocycles. The fraction of sp³-hybridized carbons (Fsp3) is 0.192. The van der Waals surface area contributed by atoms with Crippen LogP contribution in [0.3, 0.4) is 0 Å². The molecule has 6 rings (SSSR count). The number of halogens is 5. The van der Waals surface area contributed by atoms with Crippen LogP contribution in [0.15, 0.2) is 109 Å². The van der Waals surface area contributed by atoms with Gasteiger partial charge in [0.2, 0.25) is 0 Å². The van der Waals surface area contributed by atoms with E-state index in [1.54, 1.807) is 44.2 Å². The highest BCUT2D eigenvalue weighted by molar-refractivity contribution is 6.38. The lowest BCUT2D eigenvalue weighted by atomic mass is 9.86. The number of phenolic OH excluding ortho intramolecular Hbond substituents is 2. The predicted octanol–water partition coefficient (Wildman–Crippen LogP) is 13.5. The Morgan fingerprint density at radius 3 is 1.27 bits per heavy atom. The van der Waals surface area contributed by atoms with E-state index in [1.165, 1.54) is 66.7 Å². The molecule has 0 radical (unpaired) electrons. The number of carboxylic acid groups (broad SMARTS) is 2. The zero-order valence-corrected chi connectivity index (χ0v) is 43.2. The SMILES string of the molecule is CCOC(=O)N(CC(=O)O)c1cc(Cl)c(Oc2ccc(O)c(C(=O)c3ccc(C(C)(C)C)cc3)c2)c(Cl)c1.CCOC(=O)N(CC(=O)O)c1cc(Cl)c(Oc2ccc(O)c(C(=O)c3cccc(Cl)c3)c2)c(Cl)c1. The molecule has 0 aliphatic heterocycles. The zero-order chi connectivity index (χ0) is 53.9. The van der Waals surface area contributed by atoms with Gasteiger partial charge in [-0.05, 0) is 97.6 Å². The van der Waals surface area contributed by atoms with Crippen molar-refractivity contribution in [1.29, 1.82) is 0 Å². The van der Waals surface area contributed by atoms with Crippen molar-refractivity contribution >= 4 is 105 Å². The fourth-order valence-electron chi connectivity index (χ4n) is 6.61. The number of carbonyl (C=O) groups is 6. The summed E-state index contributed by atoms with van der Waals surface area (Å²) in [6.45, 7) is 8.10. The maximum Gasteiger partial charge on any atom is 0.414 e. The number of phenols is 2. The summed E-state index contributed by atoms with van der Waals surface area (Å²) in [6.07, 6.45) is -1.77. The highest BCUT2D eigenvalue weighted by Gasteiger charge is 2.26. The minimum absolute atomic E-state index is 0.00911. The lowest BCUT2D eigenvalue weighted by molar-refractivity contribution is -0.136. The molecule has 0 aliphatic carbocycles. The molecule has 21 heteroatoms. The van der Waals surface area contributed by atoms with E-state index in [0.717, 1.165) is 15.4 Å². The van der Waals surface area contributed by atoms with Crippen molar-refractivity contribution in [3.05, 3.63) is 162 Å². The largest absolute Gasteiger partial charge is 0.507 e. The van der Waals surface area contributed by atoms with E-state index in [2.05, 4.69) is 20.8 Å². The highest BCUT2D eigenvalue weighted by Crippen LogP contribution is 2.43. The second kappa shape index (κ2) is 25.0. The van der Waals surface area contributed by atoms with E-state index in [4.69, 9.17) is 82.1 Å². The van der Waals surface area contributed by atoms with Gasteiger partial charge in [0.25, 0.3) is 0 Å². The molecule has 382 valence electrons. The summed E-state index contributed by atoms with van der Waals surface area (Å²) in [6, 6.07) is 26.7. The van der Waals surface area contributed by atoms with Crippen molar-refractivity contribution < 1.29 is 68.1 Å². The van der Waals surface area contributed by atoms with E-state index in [0.29, 0.717) is 10.6 Å². The number of aromatic hydroxyl groups is 2. The van der Waals surface area contributed by atoms with Crippen molar-refractivity contribution in [2.75, 3.05) is 36.1 Å². The molecule has 73 heavy (non-hydrogen) atoms. The van der Waals surface area contributed by atoms with Crippen LogP contribution >= 0.6 is 58.0 Å². The van der Waals surface area contributed by atoms with Crippen molar-refractivity contribution in [2.45, 2.75) is 40.0 Å². The molecule has 0 heterocycles. The number of rotatable bonds is 16. The first-order valence-electron chi connectivity index (χ1n) is 21.7. The zero-order valence-electron chi connectivity index (χ0n) is 39.4. The third kappa shape index (κ3) is 14.9. The standard InChI is InChI=1S/C28H27Cl2NO7.C24H18Cl3NO7/c1-5-37-27(36)31(15-24(33)34)18-12-21(29)26(22(30)13-18)38-19-10-11-23(32)20(14-19)25(35)16-6-8-17(9-7-16)28(2,3)4;1-2-34-24(33)28(12-21(30)31)15-9-18(26)23(19(27)10-15)35-16-6-7-20(29)17(11-16)22(32)13-4-3-5-14(25)8-13/h6-14,32H,5,15H2,1-4H3,(H,33,34);3-11,29H,2,12H2,1H3,(H,30,31). The Hall–Kier alpha value is -7.21. The van der Waals surface area contributed by atoms with Crippen LogP contribution in [0.4, 0.5) is 21.0 Å². The molecule has 6 aromatic carbocycles. The minimum Gasteiger partial charge on any atom is -0.507 e. The van der Waals surface area contributed by atoms with Gasteiger partial charge in [0.15, 0.2) is 23.1 Å². The molecule has 0 unspecified atom stereocenters. The van der Waals surface area contributed by atoms with Crippen molar-refractivity contribution in [2.24, 2.45) is 0 Å². The summed E-state index contributed by atoms with van der Waals surface area (Å²) >= 11 is 31.4. The topological polar surface area (TPSA) is 227 Å². The van der Waals surface area contributed by atoms with Gasteiger partial charge in [-0.3, -0.25) is 29.0 Å². The van der Waals surface area contributed by atoms with E-state index in [1.807, 2.05) is 12.1 Å². The van der Waals surface area contributed by atoms with Gasteiger partial charge in [0, 0.05) is 16.1 Å². The third-order valence-electron chi connectivity index (χ3n) is 10.1. The maximum absolute atomic E-state index is 13.1. The molecule has 0 bridgehead atoms. The van der Waals surface area contributed by atoms with Gasteiger partial charge in [-0.15, -0.1) is 0 Å². The highest BCUT2D eigenvalue weighted by atomic mass is 35.5. The Morgan fingerprint density at radius 1 is 0.521 bits per heavy atom. The van der Waals surface area contributed by atoms with Crippen LogP contribution in [0.2, 0.25) is 25.1 Å². The molecule has 4 N–H and O–H groups in total. The first kappa shape index (κ1) is 56.7. The lowest BCUT2D eigenvalue weighted by Gasteiger charge is -2.21. The van der Waals surface area contributed by atoms with Crippen LogP contribution < -0.4 is 19.3 Å². The number of carboxylic acids is 2. The third-order valence-corrected chi connectivity index (χ3v) is 11.5. The van der Waals surface area contributed by atoms with E-state index >= 15 is 0 Å². The Labute approximate surface area is 443 Å². The minimum atomic E-state index is -1.27. The maximum atomic E-state index is 13.1. The molecule has 0 atom stereocenters. The summed E-state index contributed by atoms with van der Waals surface area (Å²) in [5, 5.41) is 39.2. The molecule has 0 saturated carbocycles. The number of carbonyl (C=O) groups excluding carboxylic acids is 4. The molecule has 0 aliphatic rings. The molecular formula is C52H45Cl5N2O14. The van der Waals surface area contributed by atoms with Crippen LogP contribution in [0.1, 0.15) is 72.0 Å². The Bertz CT molecular complexity index is 3020. The van der Waals surface area contributed by atoms with Crippen molar-refractivity contribution in [3.63, 3.8) is 0 Å². The number of hydrogen-bond donors (Lipinski definition) is 4. The van der Waals surface area contributed by atoms with Crippen LogP contribution in [-0.2, 0) is 24.5 Å². The number of aliphatic carboxylic acids is 2. The summed E-state index contributed by atoms with van der Waals surface area (Å²) in [4.78, 5) is 74.7. The van der Waals surface area contributed by atoms with Crippen LogP contribution in [0.25, 0.3) is 0 Å². The van der Waals surface area contributed by atoms with Gasteiger partial charge in [0.05, 0.1) is 55.8 Å². The monoisotopic (exact) mass is 1100 g/mol. The molecular weight excluding hydrogens is 1050 g/mol. The summed E-state index contributed by atoms with van der Waals surface area (Å²) in [7, 11) is 0. The molecule has 6 aromatic rings. The normalized spacial score (nSPS) is 10.8. The van der Waals surface area contributed by atoms with E-state index in [-0.39, 0.29) is 101 Å². The Morgan fingerprint density at radius 2 is 0.918 bits per heavy atom. The van der Waals surface area contributed by atoms with Gasteiger partial charge in [-0.25, -0.2) is 9.59 Å². The van der Waals surface area contributed by atoms with Gasteiger partial charge in [-0.2, -0.15) is 0 Å². The number of nitrogens with zero attached hydrogens (tertiary/aromatic N) is 2. The van der Waals surface area contributed by atoms with E-state index in [9.17, 15) is 44.1 Å². The van der Waals surface area contributed by atoms with E-state index < -0.39 is 48.8 Å². The number of ether oxygens (including phenoxy) is 4. The van der Waals surface area contributed by atoms with Gasteiger partial charge >= 0.3 is 24.1 Å². The Balaban J connectivity index is 0.000000272. The molecule has 0 spiro atoms. The predicted molar refractivity (Wildman–Crippen MR) is 277 cm³/mol. The van der Waals surface area contributed by atoms with Crippen molar-refractivity contribution in [1.82, 2.24) is 0 Å². The number of ketones is 2. The molecule has 0 fully saturated rings. The smallest absolute Gasteiger partial charge is 0.414 e. The summed E-state index contributed by atoms with van der Waals surface area (Å²) < 4.78 is 21.4. The van der Waals surface area contributed by atoms with Crippen LogP contribution in [-0.4, -0.2) is 82.4 Å². The number of anilines is 2. The first-order valence-corrected chi connectivity index (χ1v) is 23.6. The lowest BCUT2D eigenvalue weighted by Crippen LogP contribution is -2.36. The number of benzene rings is 6. The average Bonchev–Trinajstić information content (AvgIpc) is 3.32. The van der Waals surface area contributed by atoms with Crippen molar-refractivity contribution in [3.8, 4) is 34.5 Å². The first-order chi connectivity index (χ1) is 34.4. The second-order valence-electron chi connectivity index (χ2n) is 16.4. The average molecular weight is 1100 g/mol. The summed E-state index contributed by atoms with van der Waals surface area (Å²) in [5.74, 6) is -3.62.